The molecule has 0 saturated carbocycles. The van der Waals surface area contributed by atoms with Crippen molar-refractivity contribution in [1.82, 2.24) is 4.90 Å². The first-order valence-electron chi connectivity index (χ1n) is 5.74. The zero-order valence-corrected chi connectivity index (χ0v) is 10.1. The Morgan fingerprint density at radius 3 is 2.33 bits per heavy atom. The van der Waals surface area contributed by atoms with Crippen LogP contribution in [-0.4, -0.2) is 48.7 Å². The average Bonchev–Trinajstić information content (AvgIpc) is 2.36. The summed E-state index contributed by atoms with van der Waals surface area (Å²) in [5.41, 5.74) is 0.963. The summed E-state index contributed by atoms with van der Waals surface area (Å²) in [6.07, 6.45) is 0. The lowest BCUT2D eigenvalue weighted by Crippen LogP contribution is -2.51. The van der Waals surface area contributed by atoms with Gasteiger partial charge in [0, 0.05) is 31.2 Å². The zero-order valence-electron chi connectivity index (χ0n) is 10.1. The summed E-state index contributed by atoms with van der Waals surface area (Å²) >= 11 is 0. The Morgan fingerprint density at radius 2 is 1.83 bits per heavy atom. The predicted octanol–water partition coefficient (Wildman–Crippen LogP) is 0.537. The smallest absolute Gasteiger partial charge is 0.337 e. The van der Waals surface area contributed by atoms with Gasteiger partial charge < -0.3 is 14.7 Å². The number of hydrogen-bond acceptors (Lipinski definition) is 4. The van der Waals surface area contributed by atoms with Gasteiger partial charge in [0.1, 0.15) is 0 Å². The van der Waals surface area contributed by atoms with Crippen molar-refractivity contribution in [2.24, 2.45) is 5.92 Å². The molecule has 0 radical (unpaired) electrons. The summed E-state index contributed by atoms with van der Waals surface area (Å²) in [6.45, 7) is 1.30. The van der Waals surface area contributed by atoms with E-state index >= 15 is 0 Å². The van der Waals surface area contributed by atoms with E-state index in [0.717, 1.165) is 0 Å². The van der Waals surface area contributed by atoms with Gasteiger partial charge in [-0.15, -0.1) is 0 Å². The van der Waals surface area contributed by atoms with Crippen molar-refractivity contribution in [2.75, 3.05) is 26.8 Å². The van der Waals surface area contributed by atoms with Gasteiger partial charge in [-0.2, -0.15) is 0 Å². The van der Waals surface area contributed by atoms with Gasteiger partial charge in [-0.1, -0.05) is 0 Å². The van der Waals surface area contributed by atoms with Crippen LogP contribution in [0.2, 0.25) is 0 Å². The number of aliphatic hydroxyl groups excluding tert-OH is 1. The normalized spacial score (nSPS) is 15.1. The molecule has 0 aliphatic carbocycles. The predicted molar refractivity (Wildman–Crippen MR) is 64.3 cm³/mol. The molecule has 0 spiro atoms. The highest BCUT2D eigenvalue weighted by Crippen LogP contribution is 2.18. The van der Waals surface area contributed by atoms with Crippen molar-refractivity contribution in [3.05, 3.63) is 35.4 Å². The van der Waals surface area contributed by atoms with Gasteiger partial charge in [-0.25, -0.2) is 4.79 Å². The number of ether oxygens (including phenoxy) is 1. The lowest BCUT2D eigenvalue weighted by molar-refractivity contribution is 0.0361. The fraction of sp³-hybridized carbons (Fsp3) is 0.385. The van der Waals surface area contributed by atoms with Crippen LogP contribution in [0.5, 0.6) is 0 Å². The zero-order chi connectivity index (χ0) is 13.1. The lowest BCUT2D eigenvalue weighted by atomic mass is 9.99. The third kappa shape index (κ3) is 2.36. The molecule has 96 valence electrons. The van der Waals surface area contributed by atoms with E-state index in [1.807, 2.05) is 0 Å². The van der Waals surface area contributed by atoms with Crippen LogP contribution < -0.4 is 0 Å². The number of carbonyl (C=O) groups excluding carboxylic acids is 2. The molecule has 1 aromatic carbocycles. The second kappa shape index (κ2) is 5.18. The van der Waals surface area contributed by atoms with E-state index in [4.69, 9.17) is 5.11 Å². The summed E-state index contributed by atoms with van der Waals surface area (Å²) < 4.78 is 4.58. The van der Waals surface area contributed by atoms with Gasteiger partial charge in [-0.05, 0) is 24.3 Å². The van der Waals surface area contributed by atoms with E-state index in [-0.39, 0.29) is 18.4 Å². The number of amides is 1. The fourth-order valence-electron chi connectivity index (χ4n) is 1.90. The van der Waals surface area contributed by atoms with Crippen LogP contribution in [-0.2, 0) is 4.74 Å². The van der Waals surface area contributed by atoms with Crippen molar-refractivity contribution < 1.29 is 19.4 Å². The average molecular weight is 249 g/mol. The highest BCUT2D eigenvalue weighted by Gasteiger charge is 2.30. The number of methoxy groups -OCH3 is 1. The Kier molecular flexibility index (Phi) is 3.62. The van der Waals surface area contributed by atoms with E-state index in [1.165, 1.54) is 7.11 Å². The number of rotatable bonds is 3. The first-order chi connectivity index (χ1) is 8.65. The molecule has 1 aliphatic rings. The van der Waals surface area contributed by atoms with Crippen LogP contribution in [0.15, 0.2) is 24.3 Å². The quantitative estimate of drug-likeness (QED) is 0.794. The van der Waals surface area contributed by atoms with Gasteiger partial charge in [-0.3, -0.25) is 4.79 Å². The van der Waals surface area contributed by atoms with Crippen LogP contribution in [0.4, 0.5) is 0 Å². The number of esters is 1. The van der Waals surface area contributed by atoms with Crippen molar-refractivity contribution in [1.29, 1.82) is 0 Å². The van der Waals surface area contributed by atoms with E-state index in [9.17, 15) is 9.59 Å². The first-order valence-corrected chi connectivity index (χ1v) is 5.74. The largest absolute Gasteiger partial charge is 0.465 e. The molecule has 18 heavy (non-hydrogen) atoms. The number of hydrogen-bond donors (Lipinski definition) is 1. The number of nitrogens with zero attached hydrogens (tertiary/aromatic N) is 1. The first kappa shape index (κ1) is 12.6. The number of carbonyl (C=O) groups is 2. The minimum atomic E-state index is -0.418. The van der Waals surface area contributed by atoms with E-state index in [1.54, 1.807) is 29.2 Å². The Bertz CT molecular complexity index is 449. The van der Waals surface area contributed by atoms with Gasteiger partial charge in [0.25, 0.3) is 5.91 Å². The molecule has 5 heteroatoms. The van der Waals surface area contributed by atoms with E-state index in [2.05, 4.69) is 4.74 Å². The van der Waals surface area contributed by atoms with Crippen molar-refractivity contribution in [2.45, 2.75) is 0 Å². The molecule has 1 fully saturated rings. The van der Waals surface area contributed by atoms with Crippen LogP contribution in [0.3, 0.4) is 0 Å². The number of benzene rings is 1. The Morgan fingerprint density at radius 1 is 1.28 bits per heavy atom. The summed E-state index contributed by atoms with van der Waals surface area (Å²) in [6, 6.07) is 6.37. The van der Waals surface area contributed by atoms with Crippen molar-refractivity contribution in [3.8, 4) is 0 Å². The summed E-state index contributed by atoms with van der Waals surface area (Å²) in [4.78, 5) is 24.9. The summed E-state index contributed by atoms with van der Waals surface area (Å²) in [5, 5.41) is 8.89. The maximum Gasteiger partial charge on any atom is 0.337 e. The number of aliphatic hydroxyl groups is 1. The highest BCUT2D eigenvalue weighted by molar-refractivity contribution is 5.96. The third-order valence-electron chi connectivity index (χ3n) is 3.06. The Hall–Kier alpha value is -1.88. The topological polar surface area (TPSA) is 66.8 Å². The Labute approximate surface area is 105 Å². The molecule has 1 saturated heterocycles. The Balaban J connectivity index is 2.02. The molecule has 1 amide bonds. The van der Waals surface area contributed by atoms with Crippen LogP contribution in [0.1, 0.15) is 20.7 Å². The summed E-state index contributed by atoms with van der Waals surface area (Å²) in [5.74, 6) is -0.294. The molecule has 1 heterocycles. The van der Waals surface area contributed by atoms with Gasteiger partial charge in [0.15, 0.2) is 0 Å². The molecule has 0 atom stereocenters. The molecule has 0 aromatic heterocycles. The molecule has 1 aliphatic heterocycles. The van der Waals surface area contributed by atoms with Gasteiger partial charge >= 0.3 is 5.97 Å². The maximum absolute atomic E-state index is 12.0. The molecule has 5 nitrogen and oxygen atoms in total. The van der Waals surface area contributed by atoms with E-state index in [0.29, 0.717) is 24.2 Å². The summed E-state index contributed by atoms with van der Waals surface area (Å²) in [7, 11) is 1.32. The van der Waals surface area contributed by atoms with Crippen molar-refractivity contribution in [3.63, 3.8) is 0 Å². The SMILES string of the molecule is COC(=O)c1ccc(C(=O)N2CC(CO)C2)cc1. The van der Waals surface area contributed by atoms with Crippen LogP contribution in [0.25, 0.3) is 0 Å². The van der Waals surface area contributed by atoms with Gasteiger partial charge in [0.2, 0.25) is 0 Å². The lowest BCUT2D eigenvalue weighted by Gasteiger charge is -2.38. The second-order valence-corrected chi connectivity index (χ2v) is 4.33. The molecule has 0 bridgehead atoms. The third-order valence-corrected chi connectivity index (χ3v) is 3.06. The van der Waals surface area contributed by atoms with E-state index < -0.39 is 5.97 Å². The molecule has 2 rings (SSSR count). The fourth-order valence-corrected chi connectivity index (χ4v) is 1.90. The monoisotopic (exact) mass is 249 g/mol. The van der Waals surface area contributed by atoms with Crippen LogP contribution in [0, 0.1) is 5.92 Å². The van der Waals surface area contributed by atoms with Crippen LogP contribution >= 0.6 is 0 Å². The number of likely N-dealkylation sites (tertiary alicyclic amines) is 1. The molecule has 1 N–H and O–H groups in total. The highest BCUT2D eigenvalue weighted by atomic mass is 16.5. The second-order valence-electron chi connectivity index (χ2n) is 4.33. The molecule has 1 aromatic rings. The molecular weight excluding hydrogens is 234 g/mol. The minimum Gasteiger partial charge on any atom is -0.465 e. The molecule has 0 unspecified atom stereocenters. The standard InChI is InChI=1S/C13H15NO4/c1-18-13(17)11-4-2-10(3-5-11)12(16)14-6-9(7-14)8-15/h2-5,9,15H,6-8H2,1H3. The van der Waals surface area contributed by atoms with Gasteiger partial charge in [0.05, 0.1) is 12.7 Å². The van der Waals surface area contributed by atoms with Crippen molar-refractivity contribution >= 4 is 11.9 Å². The minimum absolute atomic E-state index is 0.0730. The molecular formula is C13H15NO4. The maximum atomic E-state index is 12.0.